The van der Waals surface area contributed by atoms with Crippen molar-refractivity contribution < 1.29 is 19.1 Å². The topological polar surface area (TPSA) is 82.5 Å². The van der Waals surface area contributed by atoms with Crippen LogP contribution in [-0.4, -0.2) is 90.6 Å². The zero-order valence-electron chi connectivity index (χ0n) is 21.3. The van der Waals surface area contributed by atoms with Crippen molar-refractivity contribution in [3.05, 3.63) is 29.8 Å². The Morgan fingerprint density at radius 2 is 1.72 bits per heavy atom. The van der Waals surface area contributed by atoms with Crippen LogP contribution in [0.2, 0.25) is 0 Å². The number of likely N-dealkylation sites (tertiary alicyclic amines) is 2. The van der Waals surface area contributed by atoms with E-state index in [4.69, 9.17) is 4.74 Å². The van der Waals surface area contributed by atoms with Gasteiger partial charge in [0.2, 0.25) is 5.91 Å². The van der Waals surface area contributed by atoms with Crippen LogP contribution in [0.25, 0.3) is 0 Å². The smallest absolute Gasteiger partial charge is 0.266 e. The van der Waals surface area contributed by atoms with Crippen LogP contribution in [0.15, 0.2) is 29.3 Å². The summed E-state index contributed by atoms with van der Waals surface area (Å²) in [6, 6.07) is 7.58. The summed E-state index contributed by atoms with van der Waals surface area (Å²) in [7, 11) is 1.62. The second kappa shape index (κ2) is 11.1. The Morgan fingerprint density at radius 1 is 0.972 bits per heavy atom. The van der Waals surface area contributed by atoms with Gasteiger partial charge in [0, 0.05) is 30.6 Å². The lowest BCUT2D eigenvalue weighted by molar-refractivity contribution is -0.133. The van der Waals surface area contributed by atoms with Crippen LogP contribution < -0.4 is 4.74 Å². The van der Waals surface area contributed by atoms with E-state index >= 15 is 0 Å². The monoisotopic (exact) mass is 494 g/mol. The van der Waals surface area contributed by atoms with E-state index in [0.29, 0.717) is 12.5 Å². The van der Waals surface area contributed by atoms with E-state index in [0.717, 1.165) is 69.6 Å². The Kier molecular flexibility index (Phi) is 7.70. The molecule has 0 aromatic heterocycles. The van der Waals surface area contributed by atoms with Crippen molar-refractivity contribution in [3.63, 3.8) is 0 Å². The normalized spacial score (nSPS) is 28.1. The average Bonchev–Trinajstić information content (AvgIpc) is 3.41. The number of carbonyl (C=O) groups excluding carboxylic acids is 3. The molecule has 2 amide bonds. The highest BCUT2D eigenvalue weighted by Crippen LogP contribution is 2.32. The standard InChI is InChI=1S/C28H38N4O4/c1-36-23-9-7-20(8-10-23)27(34)21-11-14-30(15-12-21)25-13-16-31(28(25)35)17-22-5-3-2-4-6-24(22)32-18-26(33)29-19-32/h7-10,19,21-22,24-25H,2-6,11-18H2,1H3/t22?,24?,25-/m0/s1. The number of hydrogen-bond donors (Lipinski definition) is 0. The zero-order valence-corrected chi connectivity index (χ0v) is 21.3. The van der Waals surface area contributed by atoms with E-state index in [1.54, 1.807) is 13.4 Å². The van der Waals surface area contributed by atoms with Crippen LogP contribution in [-0.2, 0) is 9.59 Å². The molecule has 8 heteroatoms. The third-order valence-corrected chi connectivity index (χ3v) is 8.65. The lowest BCUT2D eigenvalue weighted by Crippen LogP contribution is -2.48. The molecule has 0 radical (unpaired) electrons. The molecule has 1 aromatic rings. The molecule has 0 spiro atoms. The van der Waals surface area contributed by atoms with Crippen molar-refractivity contribution in [3.8, 4) is 5.75 Å². The minimum atomic E-state index is -0.0683. The van der Waals surface area contributed by atoms with Gasteiger partial charge < -0.3 is 14.5 Å². The van der Waals surface area contributed by atoms with Gasteiger partial charge in [0.25, 0.3) is 5.91 Å². The molecule has 3 atom stereocenters. The Bertz CT molecular complexity index is 986. The van der Waals surface area contributed by atoms with E-state index < -0.39 is 0 Å². The van der Waals surface area contributed by atoms with E-state index in [2.05, 4.69) is 19.7 Å². The number of carbonyl (C=O) groups is 3. The maximum absolute atomic E-state index is 13.5. The zero-order chi connectivity index (χ0) is 25.1. The van der Waals surface area contributed by atoms with Gasteiger partial charge in [0.15, 0.2) is 5.78 Å². The quantitative estimate of drug-likeness (QED) is 0.428. The summed E-state index contributed by atoms with van der Waals surface area (Å²) in [5.41, 5.74) is 0.736. The fraction of sp³-hybridized carbons (Fsp3) is 0.643. The molecule has 1 aliphatic carbocycles. The molecule has 2 unspecified atom stereocenters. The second-order valence-electron chi connectivity index (χ2n) is 10.8. The molecule has 5 rings (SSSR count). The van der Waals surface area contributed by atoms with Gasteiger partial charge in [0.1, 0.15) is 12.3 Å². The van der Waals surface area contributed by atoms with E-state index in [-0.39, 0.29) is 35.6 Å². The summed E-state index contributed by atoms with van der Waals surface area (Å²) >= 11 is 0. The molecule has 1 saturated carbocycles. The summed E-state index contributed by atoms with van der Waals surface area (Å²) in [4.78, 5) is 48.6. The molecule has 3 heterocycles. The number of piperidine rings is 1. The van der Waals surface area contributed by atoms with Crippen LogP contribution in [0.4, 0.5) is 0 Å². The summed E-state index contributed by atoms with van der Waals surface area (Å²) in [6.07, 6.45) is 9.88. The first-order valence-electron chi connectivity index (χ1n) is 13.6. The van der Waals surface area contributed by atoms with Gasteiger partial charge in [-0.2, -0.15) is 0 Å². The van der Waals surface area contributed by atoms with Gasteiger partial charge in [-0.1, -0.05) is 19.3 Å². The van der Waals surface area contributed by atoms with Gasteiger partial charge in [-0.05, 0) is 75.4 Å². The van der Waals surface area contributed by atoms with Gasteiger partial charge in [-0.25, -0.2) is 4.99 Å². The fourth-order valence-electron chi connectivity index (χ4n) is 6.58. The molecule has 1 aromatic carbocycles. The number of nitrogens with zero attached hydrogens (tertiary/aromatic N) is 4. The average molecular weight is 495 g/mol. The SMILES string of the molecule is COc1ccc(C(=O)C2CCN([C@H]3CCN(CC4CCCCCC4N4C=NC(=O)C4)C3=O)CC2)cc1. The van der Waals surface area contributed by atoms with Crippen molar-refractivity contribution in [2.24, 2.45) is 16.8 Å². The number of hydrogen-bond acceptors (Lipinski definition) is 6. The Labute approximate surface area is 213 Å². The third-order valence-electron chi connectivity index (χ3n) is 8.65. The number of benzene rings is 1. The molecule has 36 heavy (non-hydrogen) atoms. The van der Waals surface area contributed by atoms with Gasteiger partial charge >= 0.3 is 0 Å². The number of rotatable bonds is 7. The van der Waals surface area contributed by atoms with E-state index in [9.17, 15) is 14.4 Å². The van der Waals surface area contributed by atoms with E-state index in [1.807, 2.05) is 24.3 Å². The van der Waals surface area contributed by atoms with Crippen molar-refractivity contribution in [2.45, 2.75) is 63.5 Å². The van der Waals surface area contributed by atoms with Gasteiger partial charge in [-0.3, -0.25) is 19.3 Å². The first-order chi connectivity index (χ1) is 17.5. The molecule has 194 valence electrons. The summed E-state index contributed by atoms with van der Waals surface area (Å²) in [5, 5.41) is 0. The molecule has 4 aliphatic rings. The van der Waals surface area contributed by atoms with Crippen LogP contribution in [0.1, 0.15) is 61.7 Å². The number of aliphatic imine (C=N–C) groups is 1. The fourth-order valence-corrected chi connectivity index (χ4v) is 6.58. The second-order valence-corrected chi connectivity index (χ2v) is 10.8. The summed E-state index contributed by atoms with van der Waals surface area (Å²) in [6.45, 7) is 3.52. The molecule has 8 nitrogen and oxygen atoms in total. The first-order valence-corrected chi connectivity index (χ1v) is 13.6. The first kappa shape index (κ1) is 24.9. The Hall–Kier alpha value is -2.74. The van der Waals surface area contributed by atoms with Crippen LogP contribution >= 0.6 is 0 Å². The number of amides is 2. The number of methoxy groups -OCH3 is 1. The molecule has 2 saturated heterocycles. The highest BCUT2D eigenvalue weighted by Gasteiger charge is 2.40. The number of ketones is 1. The highest BCUT2D eigenvalue weighted by molar-refractivity contribution is 5.98. The molecular weight excluding hydrogens is 456 g/mol. The minimum absolute atomic E-state index is 0.0128. The van der Waals surface area contributed by atoms with Crippen LogP contribution in [0, 0.1) is 11.8 Å². The number of Topliss-reactive ketones (excluding diaryl/α,β-unsaturated/α-hetero) is 1. The van der Waals surface area contributed by atoms with Crippen LogP contribution in [0.5, 0.6) is 5.75 Å². The summed E-state index contributed by atoms with van der Waals surface area (Å²) in [5.74, 6) is 1.51. The lowest BCUT2D eigenvalue weighted by atomic mass is 9.88. The maximum atomic E-state index is 13.5. The highest BCUT2D eigenvalue weighted by atomic mass is 16.5. The summed E-state index contributed by atoms with van der Waals surface area (Å²) < 4.78 is 5.20. The third kappa shape index (κ3) is 5.33. The van der Waals surface area contributed by atoms with Crippen molar-refractivity contribution in [2.75, 3.05) is 39.8 Å². The molecule has 0 bridgehead atoms. The molecular formula is C28H38N4O4. The largest absolute Gasteiger partial charge is 0.497 e. The molecule has 3 aliphatic heterocycles. The Balaban J connectivity index is 1.15. The van der Waals surface area contributed by atoms with Crippen molar-refractivity contribution >= 4 is 23.9 Å². The lowest BCUT2D eigenvalue weighted by Gasteiger charge is -2.36. The predicted octanol–water partition coefficient (Wildman–Crippen LogP) is 3.01. The van der Waals surface area contributed by atoms with Gasteiger partial charge in [0.05, 0.1) is 19.5 Å². The minimum Gasteiger partial charge on any atom is -0.497 e. The van der Waals surface area contributed by atoms with Crippen molar-refractivity contribution in [1.29, 1.82) is 0 Å². The van der Waals surface area contributed by atoms with Gasteiger partial charge in [-0.15, -0.1) is 0 Å². The molecule has 3 fully saturated rings. The Morgan fingerprint density at radius 3 is 2.42 bits per heavy atom. The maximum Gasteiger partial charge on any atom is 0.266 e. The number of ether oxygens (including phenoxy) is 1. The predicted molar refractivity (Wildman–Crippen MR) is 137 cm³/mol. The van der Waals surface area contributed by atoms with Crippen molar-refractivity contribution in [1.82, 2.24) is 14.7 Å². The molecule has 0 N–H and O–H groups in total. The van der Waals surface area contributed by atoms with Crippen LogP contribution in [0.3, 0.4) is 0 Å². The van der Waals surface area contributed by atoms with E-state index in [1.165, 1.54) is 19.3 Å².